The van der Waals surface area contributed by atoms with E-state index in [1.165, 1.54) is 12.1 Å². The molecule has 122 valence electrons. The van der Waals surface area contributed by atoms with Crippen molar-refractivity contribution in [3.63, 3.8) is 0 Å². The van der Waals surface area contributed by atoms with Crippen LogP contribution in [0.3, 0.4) is 0 Å². The zero-order valence-corrected chi connectivity index (χ0v) is 13.4. The van der Waals surface area contributed by atoms with E-state index in [1.807, 2.05) is 13.0 Å². The number of carbonyl (C=O) groups excluding carboxylic acids is 1. The van der Waals surface area contributed by atoms with Crippen molar-refractivity contribution >= 4 is 5.91 Å². The lowest BCUT2D eigenvalue weighted by molar-refractivity contribution is -0.133. The summed E-state index contributed by atoms with van der Waals surface area (Å²) in [6.45, 7) is 5.25. The van der Waals surface area contributed by atoms with Crippen molar-refractivity contribution < 1.29 is 13.9 Å². The molecular weight excluding hydrogens is 283 g/mol. The van der Waals surface area contributed by atoms with Crippen LogP contribution >= 0.6 is 0 Å². The Hall–Kier alpha value is -1.46. The maximum Gasteiger partial charge on any atom is 0.237 e. The van der Waals surface area contributed by atoms with Crippen molar-refractivity contribution in [3.05, 3.63) is 35.6 Å². The summed E-state index contributed by atoms with van der Waals surface area (Å²) in [6.07, 6.45) is 2.26. The second-order valence-corrected chi connectivity index (χ2v) is 5.75. The zero-order chi connectivity index (χ0) is 15.9. The molecule has 0 atom stereocenters. The molecule has 0 spiro atoms. The van der Waals surface area contributed by atoms with Gasteiger partial charge >= 0.3 is 0 Å². The predicted molar refractivity (Wildman–Crippen MR) is 84.0 cm³/mol. The number of carbonyl (C=O) groups is 1. The summed E-state index contributed by atoms with van der Waals surface area (Å²) in [7, 11) is 1.74. The number of hydrogen-bond acceptors (Lipinski definition) is 3. The van der Waals surface area contributed by atoms with Gasteiger partial charge < -0.3 is 9.64 Å². The molecule has 1 fully saturated rings. The molecule has 1 saturated heterocycles. The van der Waals surface area contributed by atoms with Crippen LogP contribution in [0.15, 0.2) is 24.3 Å². The third-order valence-electron chi connectivity index (χ3n) is 4.22. The zero-order valence-electron chi connectivity index (χ0n) is 13.4. The average molecular weight is 308 g/mol. The van der Waals surface area contributed by atoms with Gasteiger partial charge in [-0.25, -0.2) is 4.39 Å². The van der Waals surface area contributed by atoms with Crippen molar-refractivity contribution in [1.82, 2.24) is 9.80 Å². The molecule has 1 amide bonds. The summed E-state index contributed by atoms with van der Waals surface area (Å²) in [4.78, 5) is 16.4. The third-order valence-corrected chi connectivity index (χ3v) is 4.22. The third kappa shape index (κ3) is 4.78. The molecule has 0 unspecified atom stereocenters. The normalized spacial score (nSPS) is 16.7. The average Bonchev–Trinajstić information content (AvgIpc) is 2.53. The van der Waals surface area contributed by atoms with Gasteiger partial charge in [0.25, 0.3) is 0 Å². The SMILES string of the molecule is CCN(Cc1cccc(F)c1)C(=O)CN1CCC(OC)CC1. The number of ether oxygens (including phenoxy) is 1. The van der Waals surface area contributed by atoms with E-state index in [0.717, 1.165) is 31.5 Å². The highest BCUT2D eigenvalue weighted by Gasteiger charge is 2.22. The van der Waals surface area contributed by atoms with Gasteiger partial charge in [-0.05, 0) is 37.5 Å². The highest BCUT2D eigenvalue weighted by atomic mass is 19.1. The van der Waals surface area contributed by atoms with E-state index in [2.05, 4.69) is 4.90 Å². The van der Waals surface area contributed by atoms with Gasteiger partial charge in [0.1, 0.15) is 5.82 Å². The van der Waals surface area contributed by atoms with E-state index in [9.17, 15) is 9.18 Å². The van der Waals surface area contributed by atoms with Crippen LogP contribution in [0.25, 0.3) is 0 Å². The molecule has 1 aromatic carbocycles. The van der Waals surface area contributed by atoms with Crippen molar-refractivity contribution in [2.45, 2.75) is 32.4 Å². The Morgan fingerprint density at radius 1 is 1.41 bits per heavy atom. The maximum atomic E-state index is 13.2. The number of halogens is 1. The molecule has 1 heterocycles. The Morgan fingerprint density at radius 2 is 2.14 bits per heavy atom. The smallest absolute Gasteiger partial charge is 0.237 e. The van der Waals surface area contributed by atoms with E-state index < -0.39 is 0 Å². The minimum Gasteiger partial charge on any atom is -0.381 e. The highest BCUT2D eigenvalue weighted by molar-refractivity contribution is 5.78. The second kappa shape index (κ2) is 8.25. The van der Waals surface area contributed by atoms with Gasteiger partial charge in [-0.1, -0.05) is 12.1 Å². The van der Waals surface area contributed by atoms with E-state index in [0.29, 0.717) is 25.7 Å². The fourth-order valence-electron chi connectivity index (χ4n) is 2.83. The fraction of sp³-hybridized carbons (Fsp3) is 0.588. The van der Waals surface area contributed by atoms with Gasteiger partial charge in [0.05, 0.1) is 12.6 Å². The lowest BCUT2D eigenvalue weighted by Gasteiger charge is -2.32. The van der Waals surface area contributed by atoms with Crippen LogP contribution in [-0.4, -0.2) is 55.1 Å². The lowest BCUT2D eigenvalue weighted by Crippen LogP contribution is -2.44. The molecule has 1 aliphatic rings. The topological polar surface area (TPSA) is 32.8 Å². The van der Waals surface area contributed by atoms with E-state index in [1.54, 1.807) is 18.1 Å². The number of rotatable bonds is 6. The Kier molecular flexibility index (Phi) is 6.34. The van der Waals surface area contributed by atoms with Crippen molar-refractivity contribution in [1.29, 1.82) is 0 Å². The van der Waals surface area contributed by atoms with Gasteiger partial charge in [0.2, 0.25) is 5.91 Å². The Labute approximate surface area is 131 Å². The number of nitrogens with zero attached hydrogens (tertiary/aromatic N) is 2. The molecule has 0 bridgehead atoms. The number of benzene rings is 1. The summed E-state index contributed by atoms with van der Waals surface area (Å²) in [5.74, 6) is -0.162. The number of likely N-dealkylation sites (N-methyl/N-ethyl adjacent to an activating group) is 1. The quantitative estimate of drug-likeness (QED) is 0.808. The monoisotopic (exact) mass is 308 g/mol. The van der Waals surface area contributed by atoms with Crippen LogP contribution in [0.4, 0.5) is 4.39 Å². The first-order valence-electron chi connectivity index (χ1n) is 7.89. The van der Waals surface area contributed by atoms with Gasteiger partial charge in [0.15, 0.2) is 0 Å². The fourth-order valence-corrected chi connectivity index (χ4v) is 2.83. The molecule has 0 aliphatic carbocycles. The van der Waals surface area contributed by atoms with Crippen LogP contribution in [0, 0.1) is 5.82 Å². The van der Waals surface area contributed by atoms with Crippen molar-refractivity contribution in [2.75, 3.05) is 33.3 Å². The largest absolute Gasteiger partial charge is 0.381 e. The molecule has 22 heavy (non-hydrogen) atoms. The molecule has 1 aliphatic heterocycles. The second-order valence-electron chi connectivity index (χ2n) is 5.75. The molecule has 0 radical (unpaired) electrons. The number of hydrogen-bond donors (Lipinski definition) is 0. The maximum absolute atomic E-state index is 13.2. The summed E-state index contributed by atoms with van der Waals surface area (Å²) < 4.78 is 18.6. The first kappa shape index (κ1) is 16.9. The molecule has 5 heteroatoms. The first-order chi connectivity index (χ1) is 10.6. The van der Waals surface area contributed by atoms with E-state index in [4.69, 9.17) is 4.74 Å². The summed E-state index contributed by atoms with van der Waals surface area (Å²) >= 11 is 0. The molecule has 1 aromatic rings. The Balaban J connectivity index is 1.86. The summed E-state index contributed by atoms with van der Waals surface area (Å²) in [6, 6.07) is 6.43. The lowest BCUT2D eigenvalue weighted by atomic mass is 10.1. The van der Waals surface area contributed by atoms with Crippen LogP contribution < -0.4 is 0 Å². The molecular formula is C17H25FN2O2. The van der Waals surface area contributed by atoms with Gasteiger partial charge in [-0.2, -0.15) is 0 Å². The number of likely N-dealkylation sites (tertiary alicyclic amines) is 1. The summed E-state index contributed by atoms with van der Waals surface area (Å²) in [5.41, 5.74) is 0.827. The van der Waals surface area contributed by atoms with Gasteiger partial charge in [0, 0.05) is 33.3 Å². The van der Waals surface area contributed by atoms with Crippen LogP contribution in [0.5, 0.6) is 0 Å². The molecule has 2 rings (SSSR count). The highest BCUT2D eigenvalue weighted by Crippen LogP contribution is 2.13. The molecule has 0 N–H and O–H groups in total. The molecule has 4 nitrogen and oxygen atoms in total. The standard InChI is InChI=1S/C17H25FN2O2/c1-3-20(12-14-5-4-6-15(18)11-14)17(21)13-19-9-7-16(22-2)8-10-19/h4-6,11,16H,3,7-10,12-13H2,1-2H3. The minimum absolute atomic E-state index is 0.0997. The van der Waals surface area contributed by atoms with Crippen LogP contribution in [0.2, 0.25) is 0 Å². The van der Waals surface area contributed by atoms with Gasteiger partial charge in [-0.3, -0.25) is 9.69 Å². The summed E-state index contributed by atoms with van der Waals surface area (Å²) in [5, 5.41) is 0. The number of methoxy groups -OCH3 is 1. The first-order valence-corrected chi connectivity index (χ1v) is 7.89. The minimum atomic E-state index is -0.261. The van der Waals surface area contributed by atoms with Crippen LogP contribution in [-0.2, 0) is 16.1 Å². The van der Waals surface area contributed by atoms with Gasteiger partial charge in [-0.15, -0.1) is 0 Å². The van der Waals surface area contributed by atoms with Crippen molar-refractivity contribution in [3.8, 4) is 0 Å². The van der Waals surface area contributed by atoms with E-state index in [-0.39, 0.29) is 11.7 Å². The number of amides is 1. The van der Waals surface area contributed by atoms with Crippen LogP contribution in [0.1, 0.15) is 25.3 Å². The molecule has 0 aromatic heterocycles. The van der Waals surface area contributed by atoms with Crippen molar-refractivity contribution in [2.24, 2.45) is 0 Å². The Bertz CT molecular complexity index is 487. The van der Waals surface area contributed by atoms with E-state index >= 15 is 0 Å². The molecule has 0 saturated carbocycles. The number of piperidine rings is 1. The Morgan fingerprint density at radius 3 is 2.73 bits per heavy atom. The predicted octanol–water partition coefficient (Wildman–Crippen LogP) is 2.29.